The highest BCUT2D eigenvalue weighted by Gasteiger charge is 1.92. The van der Waals surface area contributed by atoms with Crippen LogP contribution in [0.1, 0.15) is 6.92 Å². The Bertz CT molecular complexity index is 82.2. The minimum atomic E-state index is 0.366. The molecule has 1 unspecified atom stereocenters. The lowest BCUT2D eigenvalue weighted by Gasteiger charge is -1.97. The van der Waals surface area contributed by atoms with Gasteiger partial charge in [0.25, 0.3) is 0 Å². The molecule has 0 aromatic carbocycles. The van der Waals surface area contributed by atoms with Gasteiger partial charge in [-0.05, 0) is 12.5 Å². The number of allylic oxidation sites excluding steroid dienone is 2. The molecule has 0 amide bonds. The predicted molar refractivity (Wildman–Crippen MR) is 37.7 cm³/mol. The summed E-state index contributed by atoms with van der Waals surface area (Å²) >= 11 is 3.33. The smallest absolute Gasteiger partial charge is 0.0361 e. The van der Waals surface area contributed by atoms with Crippen molar-refractivity contribution in [2.24, 2.45) is 0 Å². The number of hydrogen-bond donors (Lipinski definition) is 0. The van der Waals surface area contributed by atoms with Gasteiger partial charge in [-0.3, -0.25) is 0 Å². The molecule has 0 aliphatic rings. The summed E-state index contributed by atoms with van der Waals surface area (Å²) in [6, 6.07) is 0. The van der Waals surface area contributed by atoms with Crippen LogP contribution in [0.25, 0.3) is 0 Å². The molecule has 0 rings (SSSR count). The summed E-state index contributed by atoms with van der Waals surface area (Å²) in [7, 11) is 0. The van der Waals surface area contributed by atoms with Gasteiger partial charge in [0.05, 0.1) is 0 Å². The molecule has 0 saturated heterocycles. The summed E-state index contributed by atoms with van der Waals surface area (Å²) in [5, 5.41) is 0. The second kappa shape index (κ2) is 3.03. The Morgan fingerprint density at radius 2 is 2.29 bits per heavy atom. The standard InChI is InChI=1S/C6H9Br/c1-4-5(2)6(3)7/h4,6H,1-2H2,3H3. The first-order valence-electron chi connectivity index (χ1n) is 2.13. The van der Waals surface area contributed by atoms with Crippen molar-refractivity contribution in [3.8, 4) is 0 Å². The van der Waals surface area contributed by atoms with Gasteiger partial charge in [0, 0.05) is 4.83 Å². The van der Waals surface area contributed by atoms with Crippen LogP contribution in [0.4, 0.5) is 0 Å². The Morgan fingerprint density at radius 1 is 1.86 bits per heavy atom. The first-order valence-corrected chi connectivity index (χ1v) is 3.05. The van der Waals surface area contributed by atoms with Gasteiger partial charge in [0.2, 0.25) is 0 Å². The molecule has 0 aliphatic carbocycles. The van der Waals surface area contributed by atoms with Crippen molar-refractivity contribution in [3.05, 3.63) is 24.8 Å². The maximum absolute atomic E-state index is 3.71. The van der Waals surface area contributed by atoms with Crippen LogP contribution >= 0.6 is 15.9 Å². The van der Waals surface area contributed by atoms with Crippen LogP contribution in [0.3, 0.4) is 0 Å². The van der Waals surface area contributed by atoms with Crippen molar-refractivity contribution in [2.75, 3.05) is 0 Å². The Kier molecular flexibility index (Phi) is 3.01. The largest absolute Gasteiger partial charge is 0.0988 e. The van der Waals surface area contributed by atoms with Crippen molar-refractivity contribution in [2.45, 2.75) is 11.8 Å². The van der Waals surface area contributed by atoms with Gasteiger partial charge in [-0.15, -0.1) is 0 Å². The van der Waals surface area contributed by atoms with Crippen LogP contribution in [0.5, 0.6) is 0 Å². The molecular weight excluding hydrogens is 152 g/mol. The Morgan fingerprint density at radius 3 is 2.29 bits per heavy atom. The van der Waals surface area contributed by atoms with E-state index in [2.05, 4.69) is 29.1 Å². The van der Waals surface area contributed by atoms with Gasteiger partial charge in [0.1, 0.15) is 0 Å². The van der Waals surface area contributed by atoms with Crippen molar-refractivity contribution in [3.63, 3.8) is 0 Å². The summed E-state index contributed by atoms with van der Waals surface area (Å²) in [4.78, 5) is 0.366. The molecule has 0 heterocycles. The van der Waals surface area contributed by atoms with Gasteiger partial charge < -0.3 is 0 Å². The number of hydrogen-bond acceptors (Lipinski definition) is 0. The van der Waals surface area contributed by atoms with Crippen LogP contribution in [0.2, 0.25) is 0 Å². The zero-order valence-corrected chi connectivity index (χ0v) is 6.03. The molecular formula is C6H9Br. The Labute approximate surface area is 53.1 Å². The van der Waals surface area contributed by atoms with Gasteiger partial charge in [-0.2, -0.15) is 0 Å². The molecule has 0 radical (unpaired) electrons. The lowest BCUT2D eigenvalue weighted by Crippen LogP contribution is -1.88. The third kappa shape index (κ3) is 2.63. The second-order valence-corrected chi connectivity index (χ2v) is 2.77. The van der Waals surface area contributed by atoms with E-state index in [0.29, 0.717) is 4.83 Å². The second-order valence-electron chi connectivity index (χ2n) is 1.40. The molecule has 0 N–H and O–H groups in total. The molecule has 0 aromatic rings. The summed E-state index contributed by atoms with van der Waals surface area (Å²) < 4.78 is 0. The van der Waals surface area contributed by atoms with E-state index in [1.165, 1.54) is 0 Å². The molecule has 0 nitrogen and oxygen atoms in total. The Hall–Kier alpha value is -0.0400. The van der Waals surface area contributed by atoms with Gasteiger partial charge in [-0.25, -0.2) is 0 Å². The van der Waals surface area contributed by atoms with E-state index >= 15 is 0 Å². The van der Waals surface area contributed by atoms with Crippen molar-refractivity contribution in [1.29, 1.82) is 0 Å². The molecule has 0 aliphatic heterocycles. The van der Waals surface area contributed by atoms with Crippen LogP contribution in [0.15, 0.2) is 24.8 Å². The minimum Gasteiger partial charge on any atom is -0.0988 e. The molecule has 0 spiro atoms. The van der Waals surface area contributed by atoms with E-state index in [-0.39, 0.29) is 0 Å². The van der Waals surface area contributed by atoms with Crippen LogP contribution < -0.4 is 0 Å². The molecule has 0 fully saturated rings. The monoisotopic (exact) mass is 160 g/mol. The summed E-state index contributed by atoms with van der Waals surface area (Å²) in [5.41, 5.74) is 1.03. The van der Waals surface area contributed by atoms with Crippen LogP contribution in [-0.4, -0.2) is 4.83 Å². The minimum absolute atomic E-state index is 0.366. The quantitative estimate of drug-likeness (QED) is 0.431. The van der Waals surface area contributed by atoms with E-state index in [1.54, 1.807) is 6.08 Å². The number of rotatable bonds is 2. The molecule has 0 bridgehead atoms. The summed E-state index contributed by atoms with van der Waals surface area (Å²) in [5.74, 6) is 0. The average molecular weight is 161 g/mol. The van der Waals surface area contributed by atoms with Crippen molar-refractivity contribution >= 4 is 15.9 Å². The van der Waals surface area contributed by atoms with E-state index in [4.69, 9.17) is 0 Å². The van der Waals surface area contributed by atoms with Gasteiger partial charge >= 0.3 is 0 Å². The predicted octanol–water partition coefficient (Wildman–Crippen LogP) is 2.51. The maximum Gasteiger partial charge on any atom is 0.0361 e. The third-order valence-electron chi connectivity index (χ3n) is 0.773. The van der Waals surface area contributed by atoms with Crippen molar-refractivity contribution < 1.29 is 0 Å². The Balaban J connectivity index is 3.56. The molecule has 1 atom stereocenters. The maximum atomic E-state index is 3.71. The molecule has 7 heavy (non-hydrogen) atoms. The zero-order valence-electron chi connectivity index (χ0n) is 4.45. The lowest BCUT2D eigenvalue weighted by molar-refractivity contribution is 1.21. The fraction of sp³-hybridized carbons (Fsp3) is 0.333. The summed E-state index contributed by atoms with van der Waals surface area (Å²) in [6.07, 6.45) is 1.75. The van der Waals surface area contributed by atoms with Crippen LogP contribution in [0, 0.1) is 0 Å². The number of halogens is 1. The fourth-order valence-corrected chi connectivity index (χ4v) is 0.349. The highest BCUT2D eigenvalue weighted by atomic mass is 79.9. The van der Waals surface area contributed by atoms with E-state index in [1.807, 2.05) is 6.92 Å². The molecule has 1 heteroatoms. The topological polar surface area (TPSA) is 0 Å². The first kappa shape index (κ1) is 6.96. The third-order valence-corrected chi connectivity index (χ3v) is 1.36. The van der Waals surface area contributed by atoms with E-state index in [0.717, 1.165) is 5.57 Å². The zero-order chi connectivity index (χ0) is 5.86. The lowest BCUT2D eigenvalue weighted by atomic mass is 10.2. The van der Waals surface area contributed by atoms with E-state index in [9.17, 15) is 0 Å². The van der Waals surface area contributed by atoms with Gasteiger partial charge in [-0.1, -0.05) is 35.2 Å². The average Bonchev–Trinajstić information content (AvgIpc) is 1.65. The highest BCUT2D eigenvalue weighted by Crippen LogP contribution is 2.08. The summed E-state index contributed by atoms with van der Waals surface area (Å²) in [6.45, 7) is 9.28. The SMILES string of the molecule is C=CC(=C)C(C)Br. The fourth-order valence-electron chi connectivity index (χ4n) is 0.162. The molecule has 0 saturated carbocycles. The number of alkyl halides is 1. The van der Waals surface area contributed by atoms with Crippen LogP contribution in [-0.2, 0) is 0 Å². The molecule has 0 aromatic heterocycles. The first-order chi connectivity index (χ1) is 3.18. The molecule has 40 valence electrons. The normalized spacial score (nSPS) is 12.9. The van der Waals surface area contributed by atoms with Gasteiger partial charge in [0.15, 0.2) is 0 Å². The van der Waals surface area contributed by atoms with Crippen molar-refractivity contribution in [1.82, 2.24) is 0 Å². The highest BCUT2D eigenvalue weighted by molar-refractivity contribution is 9.09. The van der Waals surface area contributed by atoms with E-state index < -0.39 is 0 Å².